The third-order valence-electron chi connectivity index (χ3n) is 3.40. The zero-order chi connectivity index (χ0) is 17.0. The number of nitrogens with one attached hydrogen (secondary N) is 1. The second-order valence-corrected chi connectivity index (χ2v) is 4.98. The number of halogens is 2. The highest BCUT2D eigenvalue weighted by molar-refractivity contribution is 5.92. The molecule has 0 unspecified atom stereocenters. The van der Waals surface area contributed by atoms with Crippen molar-refractivity contribution in [2.24, 2.45) is 0 Å². The van der Waals surface area contributed by atoms with Crippen LogP contribution in [0.1, 0.15) is 11.1 Å². The zero-order valence-electron chi connectivity index (χ0n) is 13.1. The van der Waals surface area contributed by atoms with Crippen molar-refractivity contribution in [3.63, 3.8) is 0 Å². The van der Waals surface area contributed by atoms with Gasteiger partial charge in [-0.05, 0) is 42.3 Å². The van der Waals surface area contributed by atoms with Crippen LogP contribution in [0.3, 0.4) is 0 Å². The van der Waals surface area contributed by atoms with E-state index in [1.807, 2.05) is 6.92 Å². The highest BCUT2D eigenvalue weighted by Gasteiger charge is 2.13. The van der Waals surface area contributed by atoms with Crippen molar-refractivity contribution in [3.8, 4) is 11.5 Å². The first-order chi connectivity index (χ1) is 10.9. The second-order valence-electron chi connectivity index (χ2n) is 4.98. The molecule has 0 radical (unpaired) electrons. The van der Waals surface area contributed by atoms with Crippen molar-refractivity contribution in [1.29, 1.82) is 0 Å². The van der Waals surface area contributed by atoms with Crippen LogP contribution in [-0.2, 0) is 11.2 Å². The number of rotatable bonds is 5. The minimum atomic E-state index is -0.817. The standard InChI is InChI=1S/C17H17F2NO3/c1-10-6-15(22-2)16(23-3)7-11(10)8-17(21)20-14-5-4-12(18)9-13(14)19/h4-7,9H,8H2,1-3H3,(H,20,21). The summed E-state index contributed by atoms with van der Waals surface area (Å²) < 4.78 is 36.8. The van der Waals surface area contributed by atoms with Crippen molar-refractivity contribution in [3.05, 3.63) is 53.1 Å². The van der Waals surface area contributed by atoms with Crippen LogP contribution in [-0.4, -0.2) is 20.1 Å². The summed E-state index contributed by atoms with van der Waals surface area (Å²) in [6, 6.07) is 6.45. The molecule has 0 aliphatic heterocycles. The van der Waals surface area contributed by atoms with Crippen molar-refractivity contribution in [1.82, 2.24) is 0 Å². The van der Waals surface area contributed by atoms with Crippen molar-refractivity contribution in [2.75, 3.05) is 19.5 Å². The lowest BCUT2D eigenvalue weighted by atomic mass is 10.0. The van der Waals surface area contributed by atoms with Crippen LogP contribution < -0.4 is 14.8 Å². The molecule has 23 heavy (non-hydrogen) atoms. The van der Waals surface area contributed by atoms with Gasteiger partial charge in [0.15, 0.2) is 11.5 Å². The molecule has 0 saturated heterocycles. The van der Waals surface area contributed by atoms with Crippen LogP contribution in [0.15, 0.2) is 30.3 Å². The maximum Gasteiger partial charge on any atom is 0.228 e. The topological polar surface area (TPSA) is 47.6 Å². The van der Waals surface area contributed by atoms with Gasteiger partial charge in [0, 0.05) is 6.07 Å². The lowest BCUT2D eigenvalue weighted by molar-refractivity contribution is -0.115. The predicted molar refractivity (Wildman–Crippen MR) is 83.0 cm³/mol. The van der Waals surface area contributed by atoms with E-state index < -0.39 is 17.5 Å². The molecule has 0 spiro atoms. The van der Waals surface area contributed by atoms with Crippen molar-refractivity contribution in [2.45, 2.75) is 13.3 Å². The van der Waals surface area contributed by atoms with E-state index in [2.05, 4.69) is 5.32 Å². The summed E-state index contributed by atoms with van der Waals surface area (Å²) in [5, 5.41) is 2.43. The third-order valence-corrected chi connectivity index (χ3v) is 3.40. The van der Waals surface area contributed by atoms with Crippen LogP contribution in [0.25, 0.3) is 0 Å². The van der Waals surface area contributed by atoms with Gasteiger partial charge < -0.3 is 14.8 Å². The largest absolute Gasteiger partial charge is 0.493 e. The first-order valence-electron chi connectivity index (χ1n) is 6.91. The predicted octanol–water partition coefficient (Wildman–Crippen LogP) is 3.47. The Morgan fingerprint density at radius 2 is 1.74 bits per heavy atom. The molecule has 0 saturated carbocycles. The maximum atomic E-state index is 13.6. The summed E-state index contributed by atoms with van der Waals surface area (Å²) in [4.78, 5) is 12.1. The molecule has 0 atom stereocenters. The zero-order valence-corrected chi connectivity index (χ0v) is 13.1. The summed E-state index contributed by atoms with van der Waals surface area (Å²) in [6.07, 6.45) is 0.0308. The highest BCUT2D eigenvalue weighted by Crippen LogP contribution is 2.30. The van der Waals surface area contributed by atoms with Crippen LogP contribution in [0.4, 0.5) is 14.5 Å². The Labute approximate surface area is 133 Å². The van der Waals surface area contributed by atoms with Gasteiger partial charge in [-0.3, -0.25) is 4.79 Å². The monoisotopic (exact) mass is 321 g/mol. The molecule has 0 aliphatic rings. The van der Waals surface area contributed by atoms with Gasteiger partial charge in [-0.2, -0.15) is 0 Å². The number of ether oxygens (including phenoxy) is 2. The normalized spacial score (nSPS) is 10.3. The third kappa shape index (κ3) is 3.97. The molecule has 1 N–H and O–H groups in total. The fraction of sp³-hybridized carbons (Fsp3) is 0.235. The number of aryl methyl sites for hydroxylation is 1. The van der Waals surface area contributed by atoms with E-state index in [4.69, 9.17) is 9.47 Å². The first kappa shape index (κ1) is 16.7. The van der Waals surface area contributed by atoms with Gasteiger partial charge in [-0.25, -0.2) is 8.78 Å². The first-order valence-corrected chi connectivity index (χ1v) is 6.91. The Kier molecular flexibility index (Phi) is 5.16. The Bertz CT molecular complexity index is 732. The molecule has 0 heterocycles. The smallest absolute Gasteiger partial charge is 0.228 e. The van der Waals surface area contributed by atoms with Crippen LogP contribution >= 0.6 is 0 Å². The minimum absolute atomic E-state index is 0.0308. The molecule has 2 aromatic rings. The maximum absolute atomic E-state index is 13.6. The number of hydrogen-bond acceptors (Lipinski definition) is 3. The molecule has 0 aliphatic carbocycles. The summed E-state index contributed by atoms with van der Waals surface area (Å²) in [7, 11) is 3.03. The van der Waals surface area contributed by atoms with Gasteiger partial charge in [-0.1, -0.05) is 0 Å². The SMILES string of the molecule is COc1cc(C)c(CC(=O)Nc2ccc(F)cc2F)cc1OC. The van der Waals surface area contributed by atoms with Gasteiger partial charge in [0.05, 0.1) is 26.3 Å². The van der Waals surface area contributed by atoms with Crippen molar-refractivity contribution < 1.29 is 23.0 Å². The molecule has 0 bridgehead atoms. The number of carbonyl (C=O) groups excluding carboxylic acids is 1. The van der Waals surface area contributed by atoms with E-state index in [-0.39, 0.29) is 12.1 Å². The summed E-state index contributed by atoms with van der Waals surface area (Å²) >= 11 is 0. The molecule has 0 aromatic heterocycles. The Hall–Kier alpha value is -2.63. The molecular weight excluding hydrogens is 304 g/mol. The number of carbonyl (C=O) groups is 1. The quantitative estimate of drug-likeness (QED) is 0.917. The van der Waals surface area contributed by atoms with E-state index in [1.54, 1.807) is 12.1 Å². The number of anilines is 1. The van der Waals surface area contributed by atoms with Gasteiger partial charge in [0.2, 0.25) is 5.91 Å². The Morgan fingerprint density at radius 3 is 2.35 bits per heavy atom. The van der Waals surface area contributed by atoms with E-state index in [0.717, 1.165) is 23.3 Å². The Balaban J connectivity index is 2.17. The molecule has 2 aromatic carbocycles. The summed E-state index contributed by atoms with van der Waals surface area (Å²) in [5.74, 6) is -0.850. The van der Waals surface area contributed by atoms with Gasteiger partial charge in [0.25, 0.3) is 0 Å². The second kappa shape index (κ2) is 7.09. The number of methoxy groups -OCH3 is 2. The van der Waals surface area contributed by atoms with Crippen molar-refractivity contribution >= 4 is 11.6 Å². The van der Waals surface area contributed by atoms with Gasteiger partial charge in [0.1, 0.15) is 11.6 Å². The summed E-state index contributed by atoms with van der Waals surface area (Å²) in [5.41, 5.74) is 1.51. The fourth-order valence-corrected chi connectivity index (χ4v) is 2.17. The lowest BCUT2D eigenvalue weighted by Gasteiger charge is -2.13. The van der Waals surface area contributed by atoms with E-state index in [0.29, 0.717) is 11.5 Å². The Morgan fingerprint density at radius 1 is 1.09 bits per heavy atom. The van der Waals surface area contributed by atoms with E-state index in [1.165, 1.54) is 20.3 Å². The fourth-order valence-electron chi connectivity index (χ4n) is 2.17. The highest BCUT2D eigenvalue weighted by atomic mass is 19.1. The van der Waals surface area contributed by atoms with E-state index >= 15 is 0 Å². The van der Waals surface area contributed by atoms with E-state index in [9.17, 15) is 13.6 Å². The molecule has 4 nitrogen and oxygen atoms in total. The van der Waals surface area contributed by atoms with Gasteiger partial charge in [-0.15, -0.1) is 0 Å². The molecular formula is C17H17F2NO3. The molecule has 0 fully saturated rings. The number of hydrogen-bond donors (Lipinski definition) is 1. The average molecular weight is 321 g/mol. The molecule has 122 valence electrons. The molecule has 2 rings (SSSR count). The van der Waals surface area contributed by atoms with Gasteiger partial charge >= 0.3 is 0 Å². The van der Waals surface area contributed by atoms with Crippen LogP contribution in [0, 0.1) is 18.6 Å². The number of benzene rings is 2. The van der Waals surface area contributed by atoms with Crippen LogP contribution in [0.5, 0.6) is 11.5 Å². The average Bonchev–Trinajstić information content (AvgIpc) is 2.51. The minimum Gasteiger partial charge on any atom is -0.493 e. The summed E-state index contributed by atoms with van der Waals surface area (Å²) in [6.45, 7) is 1.84. The van der Waals surface area contributed by atoms with Crippen LogP contribution in [0.2, 0.25) is 0 Å². The number of amides is 1. The lowest BCUT2D eigenvalue weighted by Crippen LogP contribution is -2.16. The molecule has 1 amide bonds. The molecule has 6 heteroatoms.